The summed E-state index contributed by atoms with van der Waals surface area (Å²) in [4.78, 5) is 4.13. The summed E-state index contributed by atoms with van der Waals surface area (Å²) >= 11 is 1.64. The molecule has 1 rings (SSSR count). The van der Waals surface area contributed by atoms with Gasteiger partial charge in [0.2, 0.25) is 0 Å². The first-order chi connectivity index (χ1) is 4.84. The molecule has 1 aromatic heterocycles. The van der Waals surface area contributed by atoms with Crippen molar-refractivity contribution in [2.45, 2.75) is 6.92 Å². The van der Waals surface area contributed by atoms with E-state index in [1.807, 2.05) is 18.4 Å². The number of aromatic nitrogens is 1. The van der Waals surface area contributed by atoms with Gasteiger partial charge in [-0.1, -0.05) is 6.08 Å². The van der Waals surface area contributed by atoms with E-state index in [1.54, 1.807) is 17.5 Å². The lowest BCUT2D eigenvalue weighted by Gasteiger charge is -1.91. The summed E-state index contributed by atoms with van der Waals surface area (Å²) in [6.45, 7) is 2.61. The third-order valence-electron chi connectivity index (χ3n) is 1.19. The first-order valence-corrected chi connectivity index (χ1v) is 3.99. The highest BCUT2D eigenvalue weighted by Gasteiger charge is 1.94. The summed E-state index contributed by atoms with van der Waals surface area (Å²) in [6.07, 6.45) is 3.77. The summed E-state index contributed by atoms with van der Waals surface area (Å²) in [5, 5.41) is 3.02. The van der Waals surface area contributed by atoms with E-state index in [9.17, 15) is 0 Å². The van der Waals surface area contributed by atoms with Crippen molar-refractivity contribution in [3.63, 3.8) is 0 Å². The van der Waals surface area contributed by atoms with Crippen LogP contribution in [0.2, 0.25) is 0 Å². The highest BCUT2D eigenvalue weighted by atomic mass is 32.1. The van der Waals surface area contributed by atoms with Gasteiger partial charge in [-0.15, -0.1) is 11.3 Å². The quantitative estimate of drug-likeness (QED) is 0.701. The fourth-order valence-corrected chi connectivity index (χ4v) is 1.32. The van der Waals surface area contributed by atoms with Crippen LogP contribution in [0.25, 0.3) is 5.57 Å². The molecular formula is C7H10N2S. The Morgan fingerprint density at radius 2 is 2.70 bits per heavy atom. The molecule has 0 unspecified atom stereocenters. The highest BCUT2D eigenvalue weighted by Crippen LogP contribution is 2.14. The molecule has 0 aliphatic carbocycles. The highest BCUT2D eigenvalue weighted by molar-refractivity contribution is 7.10. The molecule has 0 aliphatic heterocycles. The predicted octanol–water partition coefficient (Wildman–Crippen LogP) is 1.51. The van der Waals surface area contributed by atoms with Crippen molar-refractivity contribution in [1.29, 1.82) is 0 Å². The Labute approximate surface area is 64.4 Å². The van der Waals surface area contributed by atoms with Gasteiger partial charge in [0, 0.05) is 18.1 Å². The van der Waals surface area contributed by atoms with Crippen molar-refractivity contribution in [2.75, 3.05) is 6.54 Å². The van der Waals surface area contributed by atoms with Crippen molar-refractivity contribution >= 4 is 16.9 Å². The van der Waals surface area contributed by atoms with Crippen LogP contribution in [0.1, 0.15) is 11.9 Å². The van der Waals surface area contributed by atoms with Crippen LogP contribution in [-0.2, 0) is 0 Å². The normalized spacial score (nSPS) is 12.0. The van der Waals surface area contributed by atoms with E-state index in [4.69, 9.17) is 5.73 Å². The van der Waals surface area contributed by atoms with Crippen molar-refractivity contribution in [3.05, 3.63) is 22.7 Å². The van der Waals surface area contributed by atoms with Crippen molar-refractivity contribution < 1.29 is 0 Å². The molecule has 0 aromatic carbocycles. The van der Waals surface area contributed by atoms with Gasteiger partial charge < -0.3 is 5.73 Å². The molecular weight excluding hydrogens is 144 g/mol. The summed E-state index contributed by atoms with van der Waals surface area (Å²) in [7, 11) is 0. The Morgan fingerprint density at radius 1 is 1.90 bits per heavy atom. The summed E-state index contributed by atoms with van der Waals surface area (Å²) in [5.74, 6) is 0. The second-order valence-electron chi connectivity index (χ2n) is 1.96. The fraction of sp³-hybridized carbons (Fsp3) is 0.286. The summed E-state index contributed by atoms with van der Waals surface area (Å²) in [6, 6.07) is 0. The van der Waals surface area contributed by atoms with Gasteiger partial charge >= 0.3 is 0 Å². The first-order valence-electron chi connectivity index (χ1n) is 3.11. The third-order valence-corrected chi connectivity index (χ3v) is 2.10. The van der Waals surface area contributed by atoms with E-state index in [1.165, 1.54) is 0 Å². The van der Waals surface area contributed by atoms with Gasteiger partial charge in [-0.25, -0.2) is 4.98 Å². The zero-order valence-electron chi connectivity index (χ0n) is 5.87. The Bertz CT molecular complexity index is 214. The molecule has 2 N–H and O–H groups in total. The predicted molar refractivity (Wildman–Crippen MR) is 44.8 cm³/mol. The van der Waals surface area contributed by atoms with Crippen LogP contribution < -0.4 is 5.73 Å². The van der Waals surface area contributed by atoms with Crippen LogP contribution >= 0.6 is 11.3 Å². The molecule has 0 fully saturated rings. The largest absolute Gasteiger partial charge is 0.327 e. The molecule has 10 heavy (non-hydrogen) atoms. The smallest absolute Gasteiger partial charge is 0.118 e. The van der Waals surface area contributed by atoms with Gasteiger partial charge in [-0.05, 0) is 12.5 Å². The number of nitrogens with two attached hydrogens (primary N) is 1. The zero-order valence-corrected chi connectivity index (χ0v) is 6.69. The lowest BCUT2D eigenvalue weighted by molar-refractivity contribution is 1.24. The number of thiazole rings is 1. The second kappa shape index (κ2) is 3.49. The molecule has 2 nitrogen and oxygen atoms in total. The van der Waals surface area contributed by atoms with E-state index in [-0.39, 0.29) is 0 Å². The molecule has 0 aliphatic rings. The molecule has 0 saturated heterocycles. The lowest BCUT2D eigenvalue weighted by atomic mass is 10.3. The van der Waals surface area contributed by atoms with E-state index >= 15 is 0 Å². The maximum absolute atomic E-state index is 5.34. The van der Waals surface area contributed by atoms with Crippen molar-refractivity contribution in [1.82, 2.24) is 4.98 Å². The maximum atomic E-state index is 5.34. The van der Waals surface area contributed by atoms with Crippen molar-refractivity contribution in [3.8, 4) is 0 Å². The Kier molecular flexibility index (Phi) is 2.59. The van der Waals surface area contributed by atoms with Gasteiger partial charge in [-0.2, -0.15) is 0 Å². The monoisotopic (exact) mass is 154 g/mol. The molecule has 0 radical (unpaired) electrons. The topological polar surface area (TPSA) is 38.9 Å². The molecule has 3 heteroatoms. The van der Waals surface area contributed by atoms with Crippen LogP contribution in [0, 0.1) is 0 Å². The van der Waals surface area contributed by atoms with Gasteiger partial charge in [0.1, 0.15) is 5.01 Å². The molecule has 0 saturated carbocycles. The molecule has 0 amide bonds. The summed E-state index contributed by atoms with van der Waals surface area (Å²) in [5.41, 5.74) is 6.50. The molecule has 0 atom stereocenters. The van der Waals surface area contributed by atoms with Gasteiger partial charge in [0.05, 0.1) is 0 Å². The van der Waals surface area contributed by atoms with E-state index < -0.39 is 0 Å². The molecule has 0 spiro atoms. The van der Waals surface area contributed by atoms with E-state index in [0.29, 0.717) is 6.54 Å². The molecule has 1 aromatic rings. The van der Waals surface area contributed by atoms with Crippen LogP contribution in [0.4, 0.5) is 0 Å². The average Bonchev–Trinajstić information content (AvgIpc) is 2.38. The third kappa shape index (κ3) is 1.65. The van der Waals surface area contributed by atoms with Crippen LogP contribution in [0.15, 0.2) is 17.7 Å². The number of rotatable bonds is 2. The minimum atomic E-state index is 0.589. The maximum Gasteiger partial charge on any atom is 0.118 e. The average molecular weight is 154 g/mol. The van der Waals surface area contributed by atoms with Crippen LogP contribution in [0.3, 0.4) is 0 Å². The zero-order chi connectivity index (χ0) is 7.40. The lowest BCUT2D eigenvalue weighted by Crippen LogP contribution is -1.93. The van der Waals surface area contributed by atoms with E-state index in [2.05, 4.69) is 4.98 Å². The molecule has 54 valence electrons. The Morgan fingerprint density at radius 3 is 3.20 bits per heavy atom. The van der Waals surface area contributed by atoms with Gasteiger partial charge in [0.25, 0.3) is 0 Å². The fourth-order valence-electron chi connectivity index (χ4n) is 0.682. The van der Waals surface area contributed by atoms with E-state index in [0.717, 1.165) is 10.6 Å². The standard InChI is InChI=1S/C7H10N2S/c1-6(2-3-8)7-9-4-5-10-7/h2,4-5H,3,8H2,1H3/b6-2-. The molecule has 0 bridgehead atoms. The van der Waals surface area contributed by atoms with Crippen molar-refractivity contribution in [2.24, 2.45) is 5.73 Å². The van der Waals surface area contributed by atoms with Crippen LogP contribution in [0.5, 0.6) is 0 Å². The molecule has 1 heterocycles. The van der Waals surface area contributed by atoms with Gasteiger partial charge in [0.15, 0.2) is 0 Å². The number of hydrogen-bond acceptors (Lipinski definition) is 3. The minimum absolute atomic E-state index is 0.589. The number of nitrogens with zero attached hydrogens (tertiary/aromatic N) is 1. The minimum Gasteiger partial charge on any atom is -0.327 e. The first kappa shape index (κ1) is 7.44. The SMILES string of the molecule is C/C(=C/CN)c1nccs1. The summed E-state index contributed by atoms with van der Waals surface area (Å²) < 4.78 is 0. The second-order valence-corrected chi connectivity index (χ2v) is 2.85. The Balaban J connectivity index is 2.77. The number of allylic oxidation sites excluding steroid dienone is 1. The Hall–Kier alpha value is -0.670. The van der Waals surface area contributed by atoms with Gasteiger partial charge in [-0.3, -0.25) is 0 Å². The number of hydrogen-bond donors (Lipinski definition) is 1. The van der Waals surface area contributed by atoms with Crippen LogP contribution in [-0.4, -0.2) is 11.5 Å².